The molecule has 0 spiro atoms. The summed E-state index contributed by atoms with van der Waals surface area (Å²) in [6, 6.07) is 18.3. The number of nitrogens with zero attached hydrogens (tertiary/aromatic N) is 1. The first-order valence-electron chi connectivity index (χ1n) is 10.1. The lowest BCUT2D eigenvalue weighted by Crippen LogP contribution is -2.48. The minimum Gasteiger partial charge on any atom is -0.486 e. The van der Waals surface area contributed by atoms with E-state index in [4.69, 9.17) is 9.47 Å². The van der Waals surface area contributed by atoms with E-state index in [-0.39, 0.29) is 11.8 Å². The fourth-order valence-corrected chi connectivity index (χ4v) is 4.12. The first-order valence-corrected chi connectivity index (χ1v) is 11.0. The van der Waals surface area contributed by atoms with Gasteiger partial charge in [0.15, 0.2) is 11.5 Å². The van der Waals surface area contributed by atoms with Crippen molar-refractivity contribution in [3.8, 4) is 11.5 Å². The maximum Gasteiger partial charge on any atom is 0.262 e. The van der Waals surface area contributed by atoms with Crippen LogP contribution in [0, 0.1) is 0 Å². The van der Waals surface area contributed by atoms with Crippen LogP contribution < -0.4 is 14.8 Å². The predicted octanol–water partition coefficient (Wildman–Crippen LogP) is 3.52. The second-order valence-electron chi connectivity index (χ2n) is 7.37. The third-order valence-corrected chi connectivity index (χ3v) is 5.90. The molecule has 1 aromatic heterocycles. The Morgan fingerprint density at radius 2 is 1.77 bits per heavy atom. The van der Waals surface area contributed by atoms with Crippen molar-refractivity contribution in [1.29, 1.82) is 0 Å². The molecule has 6 nitrogen and oxygen atoms in total. The molecule has 0 fully saturated rings. The number of benzene rings is 2. The number of amides is 2. The van der Waals surface area contributed by atoms with Crippen LogP contribution in [0.25, 0.3) is 0 Å². The van der Waals surface area contributed by atoms with E-state index in [1.54, 1.807) is 18.0 Å². The number of ether oxygens (including phenoxy) is 2. The summed E-state index contributed by atoms with van der Waals surface area (Å²) in [5, 5.41) is 4.76. The summed E-state index contributed by atoms with van der Waals surface area (Å²) >= 11 is 1.35. The van der Waals surface area contributed by atoms with Gasteiger partial charge in [-0.25, -0.2) is 0 Å². The lowest BCUT2D eigenvalue weighted by Gasteiger charge is -2.25. The minimum atomic E-state index is -0.667. The average molecular weight is 437 g/mol. The molecule has 1 unspecified atom stereocenters. The van der Waals surface area contributed by atoms with Crippen molar-refractivity contribution in [2.75, 3.05) is 20.3 Å². The SMILES string of the molecule is CN(Cc1ccc2c(c1)OCCO2)C(=O)C(Cc1ccccc1)NC(=O)c1cccs1. The summed E-state index contributed by atoms with van der Waals surface area (Å²) in [5.74, 6) is 1.02. The molecule has 0 aliphatic carbocycles. The summed E-state index contributed by atoms with van der Waals surface area (Å²) < 4.78 is 11.2. The zero-order chi connectivity index (χ0) is 21.6. The Hall–Kier alpha value is -3.32. The summed E-state index contributed by atoms with van der Waals surface area (Å²) in [4.78, 5) is 28.2. The van der Waals surface area contributed by atoms with E-state index >= 15 is 0 Å². The molecule has 2 aromatic carbocycles. The van der Waals surface area contributed by atoms with Crippen LogP contribution in [-0.2, 0) is 17.8 Å². The van der Waals surface area contributed by atoms with Gasteiger partial charge >= 0.3 is 0 Å². The number of hydrogen-bond donors (Lipinski definition) is 1. The number of likely N-dealkylation sites (N-methyl/N-ethyl adjacent to an activating group) is 1. The smallest absolute Gasteiger partial charge is 0.262 e. The highest BCUT2D eigenvalue weighted by Gasteiger charge is 2.25. The summed E-state index contributed by atoms with van der Waals surface area (Å²) in [7, 11) is 1.74. The molecule has 160 valence electrons. The number of carbonyl (C=O) groups excluding carboxylic acids is 2. The zero-order valence-electron chi connectivity index (χ0n) is 17.2. The Labute approximate surface area is 185 Å². The first kappa shape index (κ1) is 20.9. The maximum absolute atomic E-state index is 13.3. The van der Waals surface area contributed by atoms with Crippen molar-refractivity contribution in [3.63, 3.8) is 0 Å². The fourth-order valence-electron chi connectivity index (χ4n) is 3.49. The number of fused-ring (bicyclic) bond motifs is 1. The highest BCUT2D eigenvalue weighted by molar-refractivity contribution is 7.12. The Kier molecular flexibility index (Phi) is 6.52. The van der Waals surface area contributed by atoms with Crippen molar-refractivity contribution in [3.05, 3.63) is 82.0 Å². The zero-order valence-corrected chi connectivity index (χ0v) is 18.1. The van der Waals surface area contributed by atoms with E-state index in [0.717, 1.165) is 11.1 Å². The monoisotopic (exact) mass is 436 g/mol. The predicted molar refractivity (Wildman–Crippen MR) is 120 cm³/mol. The van der Waals surface area contributed by atoms with E-state index < -0.39 is 6.04 Å². The van der Waals surface area contributed by atoms with Gasteiger partial charge in [0.05, 0.1) is 4.88 Å². The molecular weight excluding hydrogens is 412 g/mol. The van der Waals surface area contributed by atoms with Gasteiger partial charge in [0.25, 0.3) is 5.91 Å². The van der Waals surface area contributed by atoms with Crippen LogP contribution in [-0.4, -0.2) is 43.0 Å². The van der Waals surface area contributed by atoms with Gasteiger partial charge in [-0.2, -0.15) is 0 Å². The van der Waals surface area contributed by atoms with E-state index in [9.17, 15) is 9.59 Å². The molecule has 2 amide bonds. The van der Waals surface area contributed by atoms with Crippen molar-refractivity contribution >= 4 is 23.2 Å². The molecule has 3 aromatic rings. The van der Waals surface area contributed by atoms with Gasteiger partial charge in [-0.05, 0) is 34.7 Å². The third-order valence-electron chi connectivity index (χ3n) is 5.03. The highest BCUT2D eigenvalue weighted by atomic mass is 32.1. The second-order valence-corrected chi connectivity index (χ2v) is 8.31. The minimum absolute atomic E-state index is 0.149. The maximum atomic E-state index is 13.3. The van der Waals surface area contributed by atoms with E-state index in [1.165, 1.54) is 11.3 Å². The summed E-state index contributed by atoms with van der Waals surface area (Å²) in [6.45, 7) is 1.45. The summed E-state index contributed by atoms with van der Waals surface area (Å²) in [6.07, 6.45) is 0.419. The second kappa shape index (κ2) is 9.66. The molecule has 0 saturated heterocycles. The van der Waals surface area contributed by atoms with Crippen LogP contribution in [0.15, 0.2) is 66.0 Å². The molecule has 0 radical (unpaired) electrons. The largest absolute Gasteiger partial charge is 0.486 e. The molecule has 0 bridgehead atoms. The van der Waals surface area contributed by atoms with Crippen molar-refractivity contribution in [2.45, 2.75) is 19.0 Å². The molecule has 2 heterocycles. The van der Waals surface area contributed by atoms with E-state index in [1.807, 2.05) is 60.0 Å². The highest BCUT2D eigenvalue weighted by Crippen LogP contribution is 2.31. The Morgan fingerprint density at radius 1 is 1.00 bits per heavy atom. The lowest BCUT2D eigenvalue weighted by molar-refractivity contribution is -0.132. The van der Waals surface area contributed by atoms with Crippen LogP contribution in [0.3, 0.4) is 0 Å². The van der Waals surface area contributed by atoms with E-state index in [0.29, 0.717) is 42.6 Å². The number of nitrogens with one attached hydrogen (secondary N) is 1. The number of thiophene rings is 1. The van der Waals surface area contributed by atoms with E-state index in [2.05, 4.69) is 5.32 Å². The van der Waals surface area contributed by atoms with Gasteiger partial charge < -0.3 is 19.7 Å². The van der Waals surface area contributed by atoms with Crippen molar-refractivity contribution in [2.24, 2.45) is 0 Å². The van der Waals surface area contributed by atoms with Gasteiger partial charge in [-0.15, -0.1) is 11.3 Å². The molecule has 0 saturated carbocycles. The molecule has 1 aliphatic rings. The molecule has 1 N–H and O–H groups in total. The quantitative estimate of drug-likeness (QED) is 0.615. The van der Waals surface area contributed by atoms with Crippen LogP contribution in [0.1, 0.15) is 20.8 Å². The molecular formula is C24H24N2O4S. The van der Waals surface area contributed by atoms with Crippen molar-refractivity contribution in [1.82, 2.24) is 10.2 Å². The normalized spacial score (nSPS) is 13.3. The van der Waals surface area contributed by atoms with Gasteiger partial charge in [0, 0.05) is 20.0 Å². The van der Waals surface area contributed by atoms with Gasteiger partial charge in [-0.3, -0.25) is 9.59 Å². The topological polar surface area (TPSA) is 67.9 Å². The summed E-state index contributed by atoms with van der Waals surface area (Å²) in [5.41, 5.74) is 1.92. The molecule has 7 heteroatoms. The fraction of sp³-hybridized carbons (Fsp3) is 0.250. The Bertz CT molecular complexity index is 1040. The van der Waals surface area contributed by atoms with Crippen LogP contribution >= 0.6 is 11.3 Å². The first-order chi connectivity index (χ1) is 15.1. The number of rotatable bonds is 7. The van der Waals surface area contributed by atoms with Crippen molar-refractivity contribution < 1.29 is 19.1 Å². The number of hydrogen-bond acceptors (Lipinski definition) is 5. The molecule has 1 aliphatic heterocycles. The average Bonchev–Trinajstić information content (AvgIpc) is 3.34. The third kappa shape index (κ3) is 5.24. The van der Waals surface area contributed by atoms with Gasteiger partial charge in [-0.1, -0.05) is 42.5 Å². The van der Waals surface area contributed by atoms with Crippen LogP contribution in [0.5, 0.6) is 11.5 Å². The van der Waals surface area contributed by atoms with Crippen LogP contribution in [0.4, 0.5) is 0 Å². The lowest BCUT2D eigenvalue weighted by atomic mass is 10.0. The molecule has 1 atom stereocenters. The van der Waals surface area contributed by atoms with Gasteiger partial charge in [0.2, 0.25) is 5.91 Å². The molecule has 31 heavy (non-hydrogen) atoms. The Morgan fingerprint density at radius 3 is 2.52 bits per heavy atom. The van der Waals surface area contributed by atoms with Gasteiger partial charge in [0.1, 0.15) is 19.3 Å². The standard InChI is InChI=1S/C24H24N2O4S/c1-26(16-18-9-10-20-21(15-18)30-12-11-29-20)24(28)19(14-17-6-3-2-4-7-17)25-23(27)22-8-5-13-31-22/h2-10,13,15,19H,11-12,14,16H2,1H3,(H,25,27). The van der Waals surface area contributed by atoms with Crippen LogP contribution in [0.2, 0.25) is 0 Å². The Balaban J connectivity index is 1.49. The molecule has 4 rings (SSSR count). The number of carbonyl (C=O) groups is 2.